The average Bonchev–Trinajstić information content (AvgIpc) is 2.61. The molecule has 5 heteroatoms. The first-order chi connectivity index (χ1) is 7.70. The van der Waals surface area contributed by atoms with Crippen molar-refractivity contribution in [3.63, 3.8) is 0 Å². The Bertz CT molecular complexity index is 371. The lowest BCUT2D eigenvalue weighted by Gasteiger charge is -2.35. The molecule has 1 aromatic rings. The summed E-state index contributed by atoms with van der Waals surface area (Å²) in [6.07, 6.45) is 3.43. The van der Waals surface area contributed by atoms with E-state index in [-0.39, 0.29) is 23.3 Å². The Labute approximate surface area is 98.9 Å². The van der Waals surface area contributed by atoms with Gasteiger partial charge in [-0.3, -0.25) is 4.79 Å². The summed E-state index contributed by atoms with van der Waals surface area (Å²) in [5, 5.41) is 3.02. The highest BCUT2D eigenvalue weighted by molar-refractivity contribution is 6.32. The van der Waals surface area contributed by atoms with Crippen LogP contribution in [0.25, 0.3) is 0 Å². The summed E-state index contributed by atoms with van der Waals surface area (Å²) in [4.78, 5) is 11.7. The number of carbonyl (C=O) groups is 1. The Morgan fingerprint density at radius 2 is 2.44 bits per heavy atom. The predicted molar refractivity (Wildman–Crippen MR) is 59.6 cm³/mol. The third-order valence-electron chi connectivity index (χ3n) is 2.70. The highest BCUT2D eigenvalue weighted by Crippen LogP contribution is 2.24. The van der Waals surface area contributed by atoms with E-state index in [1.165, 1.54) is 6.26 Å². The third kappa shape index (κ3) is 2.39. The summed E-state index contributed by atoms with van der Waals surface area (Å²) in [7, 11) is 0. The lowest BCUT2D eigenvalue weighted by molar-refractivity contribution is -0.00862. The molecule has 1 aliphatic rings. The molecule has 0 radical (unpaired) electrons. The van der Waals surface area contributed by atoms with Crippen LogP contribution in [0.3, 0.4) is 0 Å². The van der Waals surface area contributed by atoms with Crippen LogP contribution in [0.4, 0.5) is 0 Å². The fourth-order valence-corrected chi connectivity index (χ4v) is 1.97. The van der Waals surface area contributed by atoms with Crippen molar-refractivity contribution in [2.24, 2.45) is 0 Å². The molecule has 88 valence electrons. The topological polar surface area (TPSA) is 51.5 Å². The summed E-state index contributed by atoms with van der Waals surface area (Å²) in [6.45, 7) is 2.69. The van der Waals surface area contributed by atoms with Gasteiger partial charge in [-0.15, -0.1) is 0 Å². The van der Waals surface area contributed by atoms with Gasteiger partial charge in [-0.05, 0) is 37.4 Å². The van der Waals surface area contributed by atoms with E-state index in [0.29, 0.717) is 5.56 Å². The zero-order valence-electron chi connectivity index (χ0n) is 9.03. The van der Waals surface area contributed by atoms with Crippen LogP contribution < -0.4 is 5.32 Å². The van der Waals surface area contributed by atoms with E-state index in [4.69, 9.17) is 20.8 Å². The molecule has 4 nitrogen and oxygen atoms in total. The Kier molecular flexibility index (Phi) is 3.51. The molecule has 0 bridgehead atoms. The highest BCUT2D eigenvalue weighted by atomic mass is 35.5. The van der Waals surface area contributed by atoms with Crippen molar-refractivity contribution in [3.05, 3.63) is 23.1 Å². The molecule has 16 heavy (non-hydrogen) atoms. The van der Waals surface area contributed by atoms with Crippen molar-refractivity contribution in [2.45, 2.75) is 31.9 Å². The minimum Gasteiger partial charge on any atom is -0.452 e. The molecule has 1 aliphatic carbocycles. The van der Waals surface area contributed by atoms with Crippen LogP contribution in [0.2, 0.25) is 5.22 Å². The lowest BCUT2D eigenvalue weighted by Crippen LogP contribution is -2.47. The summed E-state index contributed by atoms with van der Waals surface area (Å²) in [5.41, 5.74) is 0.390. The van der Waals surface area contributed by atoms with Gasteiger partial charge in [0.25, 0.3) is 5.91 Å². The summed E-state index contributed by atoms with van der Waals surface area (Å²) in [6, 6.07) is 1.76. The van der Waals surface area contributed by atoms with Gasteiger partial charge in [0.15, 0.2) is 0 Å². The summed E-state index contributed by atoms with van der Waals surface area (Å²) in [5.74, 6) is -0.182. The van der Waals surface area contributed by atoms with Gasteiger partial charge in [0.2, 0.25) is 5.22 Å². The first-order valence-electron chi connectivity index (χ1n) is 5.36. The molecule has 0 atom stereocenters. The van der Waals surface area contributed by atoms with Crippen molar-refractivity contribution in [2.75, 3.05) is 6.61 Å². The van der Waals surface area contributed by atoms with Crippen molar-refractivity contribution in [1.82, 2.24) is 5.32 Å². The summed E-state index contributed by atoms with van der Waals surface area (Å²) >= 11 is 5.71. The van der Waals surface area contributed by atoms with Gasteiger partial charge in [0.1, 0.15) is 0 Å². The number of furan rings is 1. The number of amides is 1. The minimum absolute atomic E-state index is 0.137. The van der Waals surface area contributed by atoms with E-state index in [2.05, 4.69) is 5.32 Å². The Hall–Kier alpha value is -1.00. The number of rotatable bonds is 4. The Balaban J connectivity index is 1.80. The van der Waals surface area contributed by atoms with Gasteiger partial charge in [-0.1, -0.05) is 0 Å². The van der Waals surface area contributed by atoms with Crippen molar-refractivity contribution in [1.29, 1.82) is 0 Å². The van der Waals surface area contributed by atoms with E-state index in [1.807, 2.05) is 6.92 Å². The van der Waals surface area contributed by atoms with Gasteiger partial charge < -0.3 is 14.5 Å². The second kappa shape index (κ2) is 4.89. The van der Waals surface area contributed by atoms with Gasteiger partial charge in [-0.25, -0.2) is 0 Å². The van der Waals surface area contributed by atoms with Crippen LogP contribution >= 0.6 is 11.6 Å². The van der Waals surface area contributed by atoms with Crippen LogP contribution in [0, 0.1) is 0 Å². The zero-order valence-corrected chi connectivity index (χ0v) is 9.79. The first-order valence-corrected chi connectivity index (χ1v) is 5.74. The maximum atomic E-state index is 11.7. The number of nitrogens with one attached hydrogen (secondary N) is 1. The number of ether oxygens (including phenoxy) is 1. The fourth-order valence-electron chi connectivity index (χ4n) is 1.77. The van der Waals surface area contributed by atoms with Gasteiger partial charge in [0.05, 0.1) is 17.9 Å². The molecule has 0 aliphatic heterocycles. The van der Waals surface area contributed by atoms with Gasteiger partial charge in [0, 0.05) is 12.6 Å². The smallest absolute Gasteiger partial charge is 0.256 e. The third-order valence-corrected chi connectivity index (χ3v) is 2.99. The Morgan fingerprint density at radius 1 is 1.69 bits per heavy atom. The number of hydrogen-bond donors (Lipinski definition) is 1. The molecule has 1 N–H and O–H groups in total. The zero-order chi connectivity index (χ0) is 11.5. The second-order valence-corrected chi connectivity index (χ2v) is 4.17. The number of hydrogen-bond acceptors (Lipinski definition) is 3. The maximum absolute atomic E-state index is 11.7. The number of halogens is 1. The molecular weight excluding hydrogens is 230 g/mol. The van der Waals surface area contributed by atoms with E-state index in [1.54, 1.807) is 6.07 Å². The van der Waals surface area contributed by atoms with Crippen LogP contribution in [-0.4, -0.2) is 24.7 Å². The van der Waals surface area contributed by atoms with Crippen LogP contribution in [-0.2, 0) is 4.74 Å². The predicted octanol–water partition coefficient (Wildman–Crippen LogP) is 2.23. The molecular formula is C11H14ClNO3. The molecule has 0 unspecified atom stereocenters. The normalized spacial score (nSPS) is 23.9. The molecule has 2 rings (SSSR count). The first kappa shape index (κ1) is 11.5. The van der Waals surface area contributed by atoms with E-state index < -0.39 is 0 Å². The van der Waals surface area contributed by atoms with Crippen LogP contribution in [0.15, 0.2) is 16.7 Å². The molecule has 1 heterocycles. The minimum atomic E-state index is -0.182. The van der Waals surface area contributed by atoms with E-state index in [0.717, 1.165) is 19.4 Å². The largest absolute Gasteiger partial charge is 0.452 e. The van der Waals surface area contributed by atoms with E-state index in [9.17, 15) is 4.79 Å². The quantitative estimate of drug-likeness (QED) is 0.882. The monoisotopic (exact) mass is 243 g/mol. The molecule has 1 aromatic heterocycles. The standard InChI is InChI=1S/C11H14ClNO3/c1-2-15-8-5-7(6-8)13-11(14)9-3-4-16-10(9)12/h3-4,7-8H,2,5-6H2,1H3,(H,13,14). The fraction of sp³-hybridized carbons (Fsp3) is 0.545. The average molecular weight is 244 g/mol. The van der Waals surface area contributed by atoms with Crippen molar-refractivity contribution < 1.29 is 13.9 Å². The highest BCUT2D eigenvalue weighted by Gasteiger charge is 2.31. The molecule has 1 fully saturated rings. The van der Waals surface area contributed by atoms with Gasteiger partial charge in [-0.2, -0.15) is 0 Å². The van der Waals surface area contributed by atoms with E-state index >= 15 is 0 Å². The van der Waals surface area contributed by atoms with Gasteiger partial charge >= 0.3 is 0 Å². The molecule has 1 amide bonds. The molecule has 0 aromatic carbocycles. The molecule has 0 spiro atoms. The van der Waals surface area contributed by atoms with Crippen molar-refractivity contribution >= 4 is 17.5 Å². The number of carbonyl (C=O) groups excluding carboxylic acids is 1. The molecule has 0 saturated heterocycles. The summed E-state index contributed by atoms with van der Waals surface area (Å²) < 4.78 is 10.3. The maximum Gasteiger partial charge on any atom is 0.256 e. The Morgan fingerprint density at radius 3 is 3.00 bits per heavy atom. The lowest BCUT2D eigenvalue weighted by atomic mass is 9.89. The second-order valence-electron chi connectivity index (χ2n) is 3.83. The molecule has 1 saturated carbocycles. The van der Waals surface area contributed by atoms with Crippen LogP contribution in [0.1, 0.15) is 30.1 Å². The SMILES string of the molecule is CCOC1CC(NC(=O)c2ccoc2Cl)C1. The van der Waals surface area contributed by atoms with Crippen molar-refractivity contribution in [3.8, 4) is 0 Å². The van der Waals surface area contributed by atoms with Crippen LogP contribution in [0.5, 0.6) is 0 Å².